The SMILES string of the molecule is CCCCCCCCCCCCC(C)(N)C(C)O.O. The Morgan fingerprint density at radius 1 is 0.895 bits per heavy atom. The van der Waals surface area contributed by atoms with Gasteiger partial charge in [0, 0.05) is 5.54 Å². The number of hydrogen-bond donors (Lipinski definition) is 2. The average Bonchev–Trinajstić information content (AvgIpc) is 2.31. The smallest absolute Gasteiger partial charge is 0.0688 e. The maximum absolute atomic E-state index is 9.50. The van der Waals surface area contributed by atoms with Gasteiger partial charge in [0.15, 0.2) is 0 Å². The van der Waals surface area contributed by atoms with Crippen LogP contribution in [0.25, 0.3) is 0 Å². The summed E-state index contributed by atoms with van der Waals surface area (Å²) in [5.41, 5.74) is 5.62. The van der Waals surface area contributed by atoms with Gasteiger partial charge < -0.3 is 16.3 Å². The number of unbranched alkanes of at least 4 members (excludes halogenated alkanes) is 9. The average molecular weight is 275 g/mol. The molecule has 0 radical (unpaired) electrons. The summed E-state index contributed by atoms with van der Waals surface area (Å²) in [7, 11) is 0. The Labute approximate surface area is 120 Å². The quantitative estimate of drug-likeness (QED) is 0.534. The van der Waals surface area contributed by atoms with E-state index >= 15 is 0 Å². The van der Waals surface area contributed by atoms with Crippen LogP contribution in [0.15, 0.2) is 0 Å². The highest BCUT2D eigenvalue weighted by Gasteiger charge is 2.23. The summed E-state index contributed by atoms with van der Waals surface area (Å²) in [6.07, 6.45) is 14.0. The summed E-state index contributed by atoms with van der Waals surface area (Å²) in [4.78, 5) is 0. The van der Waals surface area contributed by atoms with Crippen molar-refractivity contribution < 1.29 is 10.6 Å². The molecular weight excluding hydrogens is 238 g/mol. The van der Waals surface area contributed by atoms with Crippen LogP contribution >= 0.6 is 0 Å². The maximum atomic E-state index is 9.50. The van der Waals surface area contributed by atoms with E-state index in [1.165, 1.54) is 57.8 Å². The molecule has 0 amide bonds. The van der Waals surface area contributed by atoms with Gasteiger partial charge in [-0.3, -0.25) is 0 Å². The van der Waals surface area contributed by atoms with Crippen LogP contribution in [0.3, 0.4) is 0 Å². The van der Waals surface area contributed by atoms with Crippen LogP contribution in [-0.2, 0) is 0 Å². The third kappa shape index (κ3) is 12.6. The molecule has 2 unspecified atom stereocenters. The lowest BCUT2D eigenvalue weighted by Crippen LogP contribution is -2.46. The zero-order chi connectivity index (χ0) is 13.9. The van der Waals surface area contributed by atoms with Gasteiger partial charge in [-0.15, -0.1) is 0 Å². The van der Waals surface area contributed by atoms with Gasteiger partial charge in [0.05, 0.1) is 6.10 Å². The summed E-state index contributed by atoms with van der Waals surface area (Å²) < 4.78 is 0. The number of hydrogen-bond acceptors (Lipinski definition) is 2. The van der Waals surface area contributed by atoms with Crippen LogP contribution in [0, 0.1) is 0 Å². The van der Waals surface area contributed by atoms with Gasteiger partial charge in [0.1, 0.15) is 0 Å². The number of rotatable bonds is 12. The molecule has 0 aliphatic carbocycles. The molecule has 0 aromatic heterocycles. The molecule has 118 valence electrons. The Kier molecular flexibility index (Phi) is 14.4. The topological polar surface area (TPSA) is 77.8 Å². The van der Waals surface area contributed by atoms with E-state index in [-0.39, 0.29) is 5.48 Å². The Balaban J connectivity index is 0. The molecule has 0 saturated carbocycles. The molecule has 0 spiro atoms. The van der Waals surface area contributed by atoms with Crippen LogP contribution in [0.4, 0.5) is 0 Å². The minimum atomic E-state index is -0.406. The van der Waals surface area contributed by atoms with E-state index in [4.69, 9.17) is 5.73 Å². The molecule has 2 atom stereocenters. The van der Waals surface area contributed by atoms with Crippen LogP contribution in [0.5, 0.6) is 0 Å². The number of nitrogens with two attached hydrogens (primary N) is 1. The summed E-state index contributed by atoms with van der Waals surface area (Å²) >= 11 is 0. The monoisotopic (exact) mass is 275 g/mol. The zero-order valence-electron chi connectivity index (χ0n) is 13.4. The predicted molar refractivity (Wildman–Crippen MR) is 84.3 cm³/mol. The molecule has 0 aromatic carbocycles. The number of aliphatic hydroxyl groups excluding tert-OH is 1. The summed E-state index contributed by atoms with van der Waals surface area (Å²) in [6.45, 7) is 6.00. The van der Waals surface area contributed by atoms with Crippen molar-refractivity contribution in [1.29, 1.82) is 0 Å². The van der Waals surface area contributed by atoms with Crippen molar-refractivity contribution >= 4 is 0 Å². The predicted octanol–water partition coefficient (Wildman–Crippen LogP) is 3.57. The minimum absolute atomic E-state index is 0. The van der Waals surface area contributed by atoms with Crippen molar-refractivity contribution in [2.75, 3.05) is 0 Å². The molecule has 0 aliphatic heterocycles. The van der Waals surface area contributed by atoms with Gasteiger partial charge in [-0.25, -0.2) is 0 Å². The van der Waals surface area contributed by atoms with Crippen LogP contribution < -0.4 is 5.73 Å². The standard InChI is InChI=1S/C16H35NO.H2O/c1-4-5-6-7-8-9-10-11-12-13-14-16(3,17)15(2)18;/h15,18H,4-14,17H2,1-3H3;1H2. The molecule has 0 heterocycles. The second kappa shape index (κ2) is 12.9. The molecule has 0 aromatic rings. The summed E-state index contributed by atoms with van der Waals surface area (Å²) in [5, 5.41) is 9.50. The molecular formula is C16H37NO2. The molecule has 3 nitrogen and oxygen atoms in total. The van der Waals surface area contributed by atoms with Crippen molar-refractivity contribution in [2.45, 2.75) is 103 Å². The fourth-order valence-corrected chi connectivity index (χ4v) is 2.20. The summed E-state index contributed by atoms with van der Waals surface area (Å²) in [5.74, 6) is 0. The zero-order valence-corrected chi connectivity index (χ0v) is 13.4. The lowest BCUT2D eigenvalue weighted by atomic mass is 9.90. The van der Waals surface area contributed by atoms with Gasteiger partial charge in [-0.1, -0.05) is 71.1 Å². The highest BCUT2D eigenvalue weighted by atomic mass is 16.3. The van der Waals surface area contributed by atoms with Gasteiger partial charge in [-0.05, 0) is 20.3 Å². The fourth-order valence-electron chi connectivity index (χ4n) is 2.20. The first kappa shape index (κ1) is 21.2. The van der Waals surface area contributed by atoms with Crippen LogP contribution in [0.2, 0.25) is 0 Å². The third-order valence-electron chi connectivity index (χ3n) is 4.02. The Bertz CT molecular complexity index is 182. The largest absolute Gasteiger partial charge is 0.412 e. The van der Waals surface area contributed by atoms with Gasteiger partial charge in [0.2, 0.25) is 0 Å². The second-order valence-corrected chi connectivity index (χ2v) is 6.11. The molecule has 0 aliphatic rings. The van der Waals surface area contributed by atoms with E-state index in [1.807, 2.05) is 6.92 Å². The normalized spacial score (nSPS) is 15.6. The fraction of sp³-hybridized carbons (Fsp3) is 1.00. The van der Waals surface area contributed by atoms with Crippen molar-refractivity contribution in [1.82, 2.24) is 0 Å². The van der Waals surface area contributed by atoms with Crippen molar-refractivity contribution in [3.63, 3.8) is 0 Å². The van der Waals surface area contributed by atoms with Crippen molar-refractivity contribution in [3.05, 3.63) is 0 Å². The minimum Gasteiger partial charge on any atom is -0.412 e. The summed E-state index contributed by atoms with van der Waals surface area (Å²) in [6, 6.07) is 0. The lowest BCUT2D eigenvalue weighted by Gasteiger charge is -2.27. The maximum Gasteiger partial charge on any atom is 0.0688 e. The second-order valence-electron chi connectivity index (χ2n) is 6.11. The van der Waals surface area contributed by atoms with Gasteiger partial charge >= 0.3 is 0 Å². The molecule has 0 rings (SSSR count). The molecule has 3 heteroatoms. The van der Waals surface area contributed by atoms with E-state index in [2.05, 4.69) is 6.92 Å². The molecule has 0 bridgehead atoms. The first-order valence-electron chi connectivity index (χ1n) is 7.97. The number of aliphatic hydroxyl groups is 1. The van der Waals surface area contributed by atoms with E-state index in [9.17, 15) is 5.11 Å². The highest BCUT2D eigenvalue weighted by molar-refractivity contribution is 4.83. The van der Waals surface area contributed by atoms with E-state index in [0.29, 0.717) is 0 Å². The van der Waals surface area contributed by atoms with Gasteiger partial charge in [-0.2, -0.15) is 0 Å². The Morgan fingerprint density at radius 2 is 1.26 bits per heavy atom. The van der Waals surface area contributed by atoms with E-state index in [0.717, 1.165) is 12.8 Å². The Morgan fingerprint density at radius 3 is 1.63 bits per heavy atom. The molecule has 0 saturated heterocycles. The van der Waals surface area contributed by atoms with Crippen LogP contribution in [0.1, 0.15) is 91.4 Å². The Hall–Kier alpha value is -0.120. The van der Waals surface area contributed by atoms with Crippen molar-refractivity contribution in [3.8, 4) is 0 Å². The molecule has 0 fully saturated rings. The molecule has 19 heavy (non-hydrogen) atoms. The third-order valence-corrected chi connectivity index (χ3v) is 4.02. The molecule has 5 N–H and O–H groups in total. The van der Waals surface area contributed by atoms with E-state index < -0.39 is 11.6 Å². The van der Waals surface area contributed by atoms with E-state index in [1.54, 1.807) is 6.92 Å². The lowest BCUT2D eigenvalue weighted by molar-refractivity contribution is 0.103. The van der Waals surface area contributed by atoms with Crippen molar-refractivity contribution in [2.24, 2.45) is 5.73 Å². The first-order valence-corrected chi connectivity index (χ1v) is 7.97. The van der Waals surface area contributed by atoms with Gasteiger partial charge in [0.25, 0.3) is 0 Å². The van der Waals surface area contributed by atoms with Crippen LogP contribution in [-0.4, -0.2) is 22.2 Å². The first-order chi connectivity index (χ1) is 8.50. The highest BCUT2D eigenvalue weighted by Crippen LogP contribution is 2.17.